The molecule has 1 saturated heterocycles. The summed E-state index contributed by atoms with van der Waals surface area (Å²) >= 11 is 1.51. The summed E-state index contributed by atoms with van der Waals surface area (Å²) in [6, 6.07) is -0.834. The number of hydrogen-bond donors (Lipinski definition) is 2. The molecule has 30 heavy (non-hydrogen) atoms. The summed E-state index contributed by atoms with van der Waals surface area (Å²) in [5.74, 6) is -1.37. The van der Waals surface area contributed by atoms with Gasteiger partial charge in [-0.05, 0) is 0 Å². The van der Waals surface area contributed by atoms with Gasteiger partial charge in [0.15, 0.2) is 5.82 Å². The second-order valence-electron chi connectivity index (χ2n) is 7.18. The van der Waals surface area contributed by atoms with E-state index >= 15 is 0 Å². The normalized spacial score (nSPS) is 20.7. The SMILES string of the molecule is CC1CN(C[C@H](CC(=O)N2CCn3c(nnc3C(F)(F)F)C2)NC(=O)O)C(=O)CS1. The van der Waals surface area contributed by atoms with E-state index in [1.807, 2.05) is 6.92 Å². The Morgan fingerprint density at radius 2 is 2.07 bits per heavy atom. The minimum atomic E-state index is -4.63. The molecule has 3 rings (SSSR count). The van der Waals surface area contributed by atoms with Crippen LogP contribution < -0.4 is 5.32 Å². The van der Waals surface area contributed by atoms with E-state index in [2.05, 4.69) is 15.5 Å². The Labute approximate surface area is 173 Å². The molecule has 2 aliphatic heterocycles. The predicted molar refractivity (Wildman–Crippen MR) is 98.5 cm³/mol. The van der Waals surface area contributed by atoms with Crippen molar-refractivity contribution in [1.82, 2.24) is 29.9 Å². The Kier molecular flexibility index (Phi) is 6.43. The second kappa shape index (κ2) is 8.70. The van der Waals surface area contributed by atoms with Gasteiger partial charge in [0, 0.05) is 37.8 Å². The fourth-order valence-electron chi connectivity index (χ4n) is 3.47. The summed E-state index contributed by atoms with van der Waals surface area (Å²) in [6.07, 6.45) is -6.18. The van der Waals surface area contributed by atoms with Crippen LogP contribution in [0.2, 0.25) is 0 Å². The minimum absolute atomic E-state index is 0.0155. The van der Waals surface area contributed by atoms with Gasteiger partial charge in [-0.15, -0.1) is 22.0 Å². The van der Waals surface area contributed by atoms with Gasteiger partial charge in [-0.25, -0.2) is 4.79 Å². The summed E-state index contributed by atoms with van der Waals surface area (Å²) in [6.45, 7) is 2.20. The summed E-state index contributed by atoms with van der Waals surface area (Å²) in [4.78, 5) is 38.8. The fourth-order valence-corrected chi connectivity index (χ4v) is 4.36. The highest BCUT2D eigenvalue weighted by Crippen LogP contribution is 2.29. The molecule has 0 aromatic carbocycles. The van der Waals surface area contributed by atoms with Gasteiger partial charge in [-0.1, -0.05) is 6.92 Å². The molecule has 1 unspecified atom stereocenters. The summed E-state index contributed by atoms with van der Waals surface area (Å²) in [5.41, 5.74) is 0. The van der Waals surface area contributed by atoms with Gasteiger partial charge in [-0.3, -0.25) is 9.59 Å². The molecule has 2 aliphatic rings. The van der Waals surface area contributed by atoms with Gasteiger partial charge < -0.3 is 24.8 Å². The maximum absolute atomic E-state index is 12.9. The first kappa shape index (κ1) is 22.2. The monoisotopic (exact) mass is 450 g/mol. The molecule has 0 radical (unpaired) electrons. The van der Waals surface area contributed by atoms with E-state index in [1.165, 1.54) is 21.6 Å². The van der Waals surface area contributed by atoms with Crippen molar-refractivity contribution in [2.75, 3.05) is 25.4 Å². The summed E-state index contributed by atoms with van der Waals surface area (Å²) < 4.78 is 39.7. The molecule has 0 spiro atoms. The van der Waals surface area contributed by atoms with Crippen LogP contribution in [0.25, 0.3) is 0 Å². The van der Waals surface area contributed by atoms with Gasteiger partial charge in [0.05, 0.1) is 18.3 Å². The van der Waals surface area contributed by atoms with Crippen molar-refractivity contribution in [3.05, 3.63) is 11.6 Å². The standard InChI is InChI=1S/C16H21F3N6O4S/c1-9-5-24(13(27)8-30-9)6-10(20-15(28)29)4-12(26)23-2-3-25-11(7-23)21-22-14(25)16(17,18)19/h9-10,20H,2-8H2,1H3,(H,28,29)/t9?,10-/m0/s1. The Morgan fingerprint density at radius 1 is 1.33 bits per heavy atom. The van der Waals surface area contributed by atoms with E-state index in [0.29, 0.717) is 6.54 Å². The molecule has 2 N–H and O–H groups in total. The lowest BCUT2D eigenvalue weighted by Gasteiger charge is -2.34. The Balaban J connectivity index is 1.65. The molecule has 3 heterocycles. The Morgan fingerprint density at radius 3 is 2.73 bits per heavy atom. The van der Waals surface area contributed by atoms with E-state index in [4.69, 9.17) is 5.11 Å². The third-order valence-electron chi connectivity index (χ3n) is 4.87. The summed E-state index contributed by atoms with van der Waals surface area (Å²) in [7, 11) is 0. The molecule has 2 atom stereocenters. The number of hydrogen-bond acceptors (Lipinski definition) is 6. The third-order valence-corrected chi connectivity index (χ3v) is 6.00. The molecule has 3 amide bonds. The van der Waals surface area contributed by atoms with Gasteiger partial charge in [-0.2, -0.15) is 13.2 Å². The maximum atomic E-state index is 12.9. The van der Waals surface area contributed by atoms with Gasteiger partial charge in [0.1, 0.15) is 0 Å². The predicted octanol–water partition coefficient (Wildman–Crippen LogP) is 0.629. The van der Waals surface area contributed by atoms with Crippen molar-refractivity contribution in [2.24, 2.45) is 0 Å². The highest BCUT2D eigenvalue weighted by molar-refractivity contribution is 8.00. The number of aromatic nitrogens is 3. The topological polar surface area (TPSA) is 121 Å². The molecule has 14 heteroatoms. The zero-order valence-corrected chi connectivity index (χ0v) is 16.9. The smallest absolute Gasteiger partial charge is 0.451 e. The van der Waals surface area contributed by atoms with Crippen LogP contribution in [0.15, 0.2) is 0 Å². The number of carboxylic acid groups (broad SMARTS) is 1. The molecule has 166 valence electrons. The first-order valence-electron chi connectivity index (χ1n) is 9.20. The average Bonchev–Trinajstić information content (AvgIpc) is 3.07. The molecule has 1 aromatic heterocycles. The van der Waals surface area contributed by atoms with Crippen molar-refractivity contribution < 1.29 is 32.7 Å². The number of fused-ring (bicyclic) bond motifs is 1. The number of nitrogens with zero attached hydrogens (tertiary/aromatic N) is 5. The van der Waals surface area contributed by atoms with Gasteiger partial charge in [0.25, 0.3) is 0 Å². The van der Waals surface area contributed by atoms with Crippen LogP contribution in [0.5, 0.6) is 0 Å². The quantitative estimate of drug-likeness (QED) is 0.675. The van der Waals surface area contributed by atoms with Gasteiger partial charge in [0.2, 0.25) is 17.6 Å². The zero-order chi connectivity index (χ0) is 22.1. The number of rotatable bonds is 5. The van der Waals surface area contributed by atoms with E-state index in [-0.39, 0.29) is 55.3 Å². The molecular formula is C16H21F3N6O4S. The number of amides is 3. The van der Waals surface area contributed by atoms with E-state index in [1.54, 1.807) is 0 Å². The molecular weight excluding hydrogens is 429 g/mol. The Hall–Kier alpha value is -2.51. The number of alkyl halides is 3. The lowest BCUT2D eigenvalue weighted by molar-refractivity contribution is -0.148. The van der Waals surface area contributed by atoms with Crippen molar-refractivity contribution in [2.45, 2.75) is 43.9 Å². The first-order chi connectivity index (χ1) is 14.0. The number of carbonyl (C=O) groups is 3. The van der Waals surface area contributed by atoms with Crippen LogP contribution >= 0.6 is 11.8 Å². The lowest BCUT2D eigenvalue weighted by Crippen LogP contribution is -2.51. The van der Waals surface area contributed by atoms with E-state index in [9.17, 15) is 27.6 Å². The fraction of sp³-hybridized carbons (Fsp3) is 0.688. The summed E-state index contributed by atoms with van der Waals surface area (Å²) in [5, 5.41) is 18.2. The number of halogens is 3. The van der Waals surface area contributed by atoms with Crippen LogP contribution in [0.3, 0.4) is 0 Å². The van der Waals surface area contributed by atoms with Crippen molar-refractivity contribution in [1.29, 1.82) is 0 Å². The highest BCUT2D eigenvalue weighted by atomic mass is 32.2. The van der Waals surface area contributed by atoms with E-state index in [0.717, 1.165) is 4.57 Å². The van der Waals surface area contributed by atoms with Crippen LogP contribution in [0.4, 0.5) is 18.0 Å². The van der Waals surface area contributed by atoms with Crippen LogP contribution in [-0.4, -0.2) is 84.3 Å². The van der Waals surface area contributed by atoms with Crippen molar-refractivity contribution in [3.63, 3.8) is 0 Å². The molecule has 10 nitrogen and oxygen atoms in total. The molecule has 0 aliphatic carbocycles. The molecule has 0 bridgehead atoms. The first-order valence-corrected chi connectivity index (χ1v) is 10.3. The maximum Gasteiger partial charge on any atom is 0.451 e. The highest BCUT2D eigenvalue weighted by Gasteiger charge is 2.40. The zero-order valence-electron chi connectivity index (χ0n) is 16.1. The number of thioether (sulfide) groups is 1. The average molecular weight is 450 g/mol. The number of nitrogens with one attached hydrogen (secondary N) is 1. The van der Waals surface area contributed by atoms with Crippen molar-refractivity contribution in [3.8, 4) is 0 Å². The van der Waals surface area contributed by atoms with Crippen molar-refractivity contribution >= 4 is 29.7 Å². The van der Waals surface area contributed by atoms with Crippen LogP contribution in [-0.2, 0) is 28.9 Å². The molecule has 1 fully saturated rings. The van der Waals surface area contributed by atoms with Crippen LogP contribution in [0.1, 0.15) is 25.0 Å². The largest absolute Gasteiger partial charge is 0.465 e. The third kappa shape index (κ3) is 5.15. The molecule has 1 aromatic rings. The van der Waals surface area contributed by atoms with Gasteiger partial charge >= 0.3 is 12.3 Å². The lowest BCUT2D eigenvalue weighted by atomic mass is 10.1. The number of carbonyl (C=O) groups excluding carboxylic acids is 2. The molecule has 0 saturated carbocycles. The second-order valence-corrected chi connectivity index (χ2v) is 8.60. The minimum Gasteiger partial charge on any atom is -0.465 e. The van der Waals surface area contributed by atoms with E-state index < -0.39 is 30.0 Å². The van der Waals surface area contributed by atoms with Crippen LogP contribution in [0, 0.1) is 0 Å². The Bertz CT molecular complexity index is 832.